The molecule has 3 nitrogen and oxygen atoms in total. The summed E-state index contributed by atoms with van der Waals surface area (Å²) in [6, 6.07) is 1.22. The molecule has 0 bridgehead atoms. The number of hydrogen-bond acceptors (Lipinski definition) is 4. The molecule has 1 unspecified atom stereocenters. The fraction of sp³-hybridized carbons (Fsp3) is 0.167. The molecule has 1 rings (SSSR count). The Kier molecular flexibility index (Phi) is 5.44. The summed E-state index contributed by atoms with van der Waals surface area (Å²) in [4.78, 5) is 10.7. The molecule has 1 aromatic rings. The number of halogens is 2. The molecule has 1 atom stereocenters. The zero-order chi connectivity index (χ0) is 8.27. The Morgan fingerprint density at radius 3 is 2.75 bits per heavy atom. The predicted octanol–water partition coefficient (Wildman–Crippen LogP) is 1.44. The molecule has 0 aliphatic carbocycles. The van der Waals surface area contributed by atoms with Gasteiger partial charge in [-0.3, -0.25) is 10.6 Å². The van der Waals surface area contributed by atoms with Crippen LogP contribution in [0.4, 0.5) is 0 Å². The van der Waals surface area contributed by atoms with Gasteiger partial charge in [-0.05, 0) is 34.0 Å². The fourth-order valence-electron chi connectivity index (χ4n) is 0.732. The third-order valence-corrected chi connectivity index (χ3v) is 2.19. The van der Waals surface area contributed by atoms with Crippen LogP contribution < -0.4 is 11.3 Å². The van der Waals surface area contributed by atoms with Crippen LogP contribution in [0.15, 0.2) is 16.8 Å². The maximum absolute atomic E-state index is 10.7. The van der Waals surface area contributed by atoms with Crippen LogP contribution in [-0.4, -0.2) is 5.24 Å². The van der Waals surface area contributed by atoms with Crippen LogP contribution in [-0.2, 0) is 4.79 Å². The van der Waals surface area contributed by atoms with Crippen molar-refractivity contribution in [3.05, 3.63) is 22.4 Å². The molecule has 6 heteroatoms. The highest BCUT2D eigenvalue weighted by Gasteiger charge is 2.16. The molecule has 0 radical (unpaired) electrons. The average molecular weight is 227 g/mol. The second kappa shape index (κ2) is 5.50. The number of rotatable bonds is 3. The molecule has 12 heavy (non-hydrogen) atoms. The van der Waals surface area contributed by atoms with E-state index in [1.807, 2.05) is 10.8 Å². The van der Waals surface area contributed by atoms with Crippen molar-refractivity contribution in [3.8, 4) is 0 Å². The van der Waals surface area contributed by atoms with E-state index in [0.717, 1.165) is 5.56 Å². The molecule has 0 aliphatic heterocycles. The van der Waals surface area contributed by atoms with Crippen molar-refractivity contribution in [2.45, 2.75) is 6.04 Å². The van der Waals surface area contributed by atoms with E-state index in [9.17, 15) is 4.79 Å². The number of hydrazine groups is 1. The second-order valence-corrected chi connectivity index (χ2v) is 3.11. The Labute approximate surface area is 85.3 Å². The maximum atomic E-state index is 10.7. The minimum atomic E-state index is -0.581. The lowest BCUT2D eigenvalue weighted by atomic mass is 10.2. The summed E-state index contributed by atoms with van der Waals surface area (Å²) in [7, 11) is 0. The smallest absolute Gasteiger partial charge is 0.244 e. The first-order valence-corrected chi connectivity index (χ1v) is 4.25. The molecule has 3 N–H and O–H groups in total. The minimum absolute atomic E-state index is 0. The van der Waals surface area contributed by atoms with Gasteiger partial charge < -0.3 is 0 Å². The topological polar surface area (TPSA) is 55.1 Å². The van der Waals surface area contributed by atoms with E-state index < -0.39 is 11.3 Å². The lowest BCUT2D eigenvalue weighted by Crippen LogP contribution is -2.31. The van der Waals surface area contributed by atoms with Crippen molar-refractivity contribution in [1.29, 1.82) is 0 Å². The molecule has 0 aliphatic rings. The van der Waals surface area contributed by atoms with Crippen molar-refractivity contribution < 1.29 is 4.79 Å². The molecular weight excluding hydrogens is 219 g/mol. The van der Waals surface area contributed by atoms with Gasteiger partial charge >= 0.3 is 0 Å². The number of nitrogens with one attached hydrogen (secondary N) is 1. The molecule has 1 heterocycles. The lowest BCUT2D eigenvalue weighted by molar-refractivity contribution is -0.113. The molecule has 0 saturated heterocycles. The van der Waals surface area contributed by atoms with Gasteiger partial charge in [-0.2, -0.15) is 11.3 Å². The average Bonchev–Trinajstić information content (AvgIpc) is 2.40. The summed E-state index contributed by atoms with van der Waals surface area (Å²) in [5, 5.41) is 3.19. The lowest BCUT2D eigenvalue weighted by Gasteiger charge is -2.07. The highest BCUT2D eigenvalue weighted by molar-refractivity contribution is 7.08. The Balaban J connectivity index is 0.00000121. The standard InChI is InChI=1S/C6H7ClN2OS.ClH/c7-6(10)5(9-8)4-1-2-11-3-4;/h1-3,5,9H,8H2;1H. The molecule has 1 aromatic heterocycles. The normalized spacial score (nSPS) is 11.8. The first-order chi connectivity index (χ1) is 5.25. The predicted molar refractivity (Wildman–Crippen MR) is 52.5 cm³/mol. The van der Waals surface area contributed by atoms with Crippen LogP contribution in [0.2, 0.25) is 0 Å². The van der Waals surface area contributed by atoms with E-state index in [1.54, 1.807) is 6.07 Å². The van der Waals surface area contributed by atoms with Crippen molar-refractivity contribution >= 4 is 40.6 Å². The molecule has 0 amide bonds. The van der Waals surface area contributed by atoms with Crippen molar-refractivity contribution in [1.82, 2.24) is 5.43 Å². The van der Waals surface area contributed by atoms with E-state index in [-0.39, 0.29) is 12.4 Å². The van der Waals surface area contributed by atoms with Gasteiger partial charge in [-0.1, -0.05) is 0 Å². The molecule has 0 aromatic carbocycles. The molecule has 0 spiro atoms. The molecule has 0 saturated carbocycles. The first kappa shape index (κ1) is 11.9. The Morgan fingerprint density at radius 2 is 2.42 bits per heavy atom. The summed E-state index contributed by atoms with van der Waals surface area (Å²) >= 11 is 6.75. The van der Waals surface area contributed by atoms with E-state index in [4.69, 9.17) is 17.4 Å². The third-order valence-electron chi connectivity index (χ3n) is 1.27. The SMILES string of the molecule is Cl.NNC(C(=O)Cl)c1ccsc1. The third kappa shape index (κ3) is 2.73. The fourth-order valence-corrected chi connectivity index (χ4v) is 1.61. The van der Waals surface area contributed by atoms with Gasteiger partial charge in [0.05, 0.1) is 0 Å². The van der Waals surface area contributed by atoms with Gasteiger partial charge in [0.1, 0.15) is 6.04 Å². The van der Waals surface area contributed by atoms with Gasteiger partial charge in [-0.25, -0.2) is 5.43 Å². The van der Waals surface area contributed by atoms with E-state index >= 15 is 0 Å². The summed E-state index contributed by atoms with van der Waals surface area (Å²) in [5.41, 5.74) is 3.13. The molecule has 68 valence electrons. The van der Waals surface area contributed by atoms with Crippen LogP contribution in [0.3, 0.4) is 0 Å². The zero-order valence-corrected chi connectivity index (χ0v) is 8.38. The number of carbonyl (C=O) groups excluding carboxylic acids is 1. The summed E-state index contributed by atoms with van der Waals surface area (Å²) in [5.74, 6) is 5.11. The van der Waals surface area contributed by atoms with Gasteiger partial charge in [-0.15, -0.1) is 12.4 Å². The highest BCUT2D eigenvalue weighted by Crippen LogP contribution is 2.17. The van der Waals surface area contributed by atoms with Crippen molar-refractivity contribution in [2.75, 3.05) is 0 Å². The van der Waals surface area contributed by atoms with Crippen LogP contribution >= 0.6 is 35.3 Å². The van der Waals surface area contributed by atoms with Crippen LogP contribution in [0.25, 0.3) is 0 Å². The quantitative estimate of drug-likeness (QED) is 0.466. The Hall–Kier alpha value is -0.130. The van der Waals surface area contributed by atoms with Gasteiger partial charge in [0.2, 0.25) is 5.24 Å². The number of thiophene rings is 1. The van der Waals surface area contributed by atoms with E-state index in [0.29, 0.717) is 0 Å². The first-order valence-electron chi connectivity index (χ1n) is 2.93. The van der Waals surface area contributed by atoms with Crippen molar-refractivity contribution in [2.24, 2.45) is 5.84 Å². The Morgan fingerprint density at radius 1 is 1.75 bits per heavy atom. The van der Waals surface area contributed by atoms with E-state index in [1.165, 1.54) is 11.3 Å². The zero-order valence-electron chi connectivity index (χ0n) is 5.99. The molecule has 0 fully saturated rings. The van der Waals surface area contributed by atoms with Gasteiger partial charge in [0, 0.05) is 0 Å². The van der Waals surface area contributed by atoms with Gasteiger partial charge in [0.15, 0.2) is 0 Å². The number of hydrogen-bond donors (Lipinski definition) is 2. The maximum Gasteiger partial charge on any atom is 0.244 e. The summed E-state index contributed by atoms with van der Waals surface area (Å²) in [6.45, 7) is 0. The second-order valence-electron chi connectivity index (χ2n) is 1.96. The highest BCUT2D eigenvalue weighted by atomic mass is 35.5. The van der Waals surface area contributed by atoms with Gasteiger partial charge in [0.25, 0.3) is 0 Å². The summed E-state index contributed by atoms with van der Waals surface area (Å²) < 4.78 is 0. The summed E-state index contributed by atoms with van der Waals surface area (Å²) in [6.07, 6.45) is 0. The number of carbonyl (C=O) groups is 1. The monoisotopic (exact) mass is 226 g/mol. The number of nitrogens with two attached hydrogens (primary N) is 1. The van der Waals surface area contributed by atoms with E-state index in [2.05, 4.69) is 5.43 Å². The van der Waals surface area contributed by atoms with Crippen LogP contribution in [0.5, 0.6) is 0 Å². The largest absolute Gasteiger partial charge is 0.279 e. The van der Waals surface area contributed by atoms with Crippen LogP contribution in [0.1, 0.15) is 11.6 Å². The minimum Gasteiger partial charge on any atom is -0.279 e. The molecular formula is C6H8Cl2N2OS. The van der Waals surface area contributed by atoms with Crippen molar-refractivity contribution in [3.63, 3.8) is 0 Å². The Bertz CT molecular complexity index is 240. The van der Waals surface area contributed by atoms with Crippen LogP contribution in [0, 0.1) is 0 Å².